The number of rotatable bonds is 7. The largest absolute Gasteiger partial charge is 0.265 e. The smallest absolute Gasteiger partial charge is 0.0274 e. The van der Waals surface area contributed by atoms with Crippen molar-refractivity contribution in [2.75, 3.05) is 6.16 Å². The van der Waals surface area contributed by atoms with Crippen molar-refractivity contribution in [1.82, 2.24) is 19.9 Å². The minimum atomic E-state index is -0.520. The minimum absolute atomic E-state index is 0.488. The Bertz CT molecular complexity index is 923. The molecule has 0 radical (unpaired) electrons. The molecule has 0 aliphatic rings. The molecule has 0 aliphatic carbocycles. The van der Waals surface area contributed by atoms with E-state index in [-0.39, 0.29) is 0 Å². The molecule has 0 aliphatic heterocycles. The van der Waals surface area contributed by atoms with Crippen molar-refractivity contribution in [2.45, 2.75) is 12.6 Å². The zero-order valence-corrected chi connectivity index (χ0v) is 18.0. The molecular formula is C23H22N4P2. The average Bonchev–Trinajstić information content (AvgIpc) is 2.80. The third-order valence-corrected chi connectivity index (χ3v) is 10.5. The highest BCUT2D eigenvalue weighted by atomic mass is 31.1. The fourth-order valence-electron chi connectivity index (χ4n) is 3.42. The van der Waals surface area contributed by atoms with Crippen LogP contribution in [0.4, 0.5) is 0 Å². The molecule has 0 fully saturated rings. The van der Waals surface area contributed by atoms with Gasteiger partial charge in [0, 0.05) is 49.6 Å². The lowest BCUT2D eigenvalue weighted by molar-refractivity contribution is 1.11. The van der Waals surface area contributed by atoms with E-state index in [1.165, 1.54) is 21.2 Å². The molecule has 1 unspecified atom stereocenters. The normalized spacial score (nSPS) is 12.2. The standard InChI is InChI=1S/C23H22N4P2/c1-19(29(22-6-14-26-15-7-22)23-8-16-27-17-9-23)18-28(20-2-10-24-11-3-20)21-4-12-25-13-5-21/h2-17,19H,18H2,1H3. The van der Waals surface area contributed by atoms with E-state index >= 15 is 0 Å². The second-order valence-corrected chi connectivity index (χ2v) is 11.6. The Kier molecular flexibility index (Phi) is 6.67. The van der Waals surface area contributed by atoms with Crippen LogP contribution in [0.1, 0.15) is 6.92 Å². The lowest BCUT2D eigenvalue weighted by Crippen LogP contribution is -2.25. The van der Waals surface area contributed by atoms with Crippen molar-refractivity contribution in [2.24, 2.45) is 0 Å². The number of nitrogens with zero attached hydrogens (tertiary/aromatic N) is 4. The lowest BCUT2D eigenvalue weighted by Gasteiger charge is -2.29. The molecule has 29 heavy (non-hydrogen) atoms. The predicted molar refractivity (Wildman–Crippen MR) is 124 cm³/mol. The molecule has 4 rings (SSSR count). The Morgan fingerprint density at radius 3 is 1.21 bits per heavy atom. The van der Waals surface area contributed by atoms with E-state index in [0.29, 0.717) is 5.66 Å². The first-order valence-corrected chi connectivity index (χ1v) is 12.4. The van der Waals surface area contributed by atoms with E-state index in [0.717, 1.165) is 6.16 Å². The van der Waals surface area contributed by atoms with E-state index in [2.05, 4.69) is 75.4 Å². The van der Waals surface area contributed by atoms with Gasteiger partial charge in [0.15, 0.2) is 0 Å². The summed E-state index contributed by atoms with van der Waals surface area (Å²) in [6.45, 7) is 2.38. The third kappa shape index (κ3) is 4.90. The number of pyridine rings is 4. The summed E-state index contributed by atoms with van der Waals surface area (Å²) in [5, 5.41) is 5.42. The summed E-state index contributed by atoms with van der Waals surface area (Å²) in [6.07, 6.45) is 16.3. The Balaban J connectivity index is 1.70. The summed E-state index contributed by atoms with van der Waals surface area (Å²) in [7, 11) is -1.02. The second kappa shape index (κ2) is 9.78. The third-order valence-electron chi connectivity index (χ3n) is 4.72. The van der Waals surface area contributed by atoms with Crippen molar-refractivity contribution in [3.8, 4) is 0 Å². The highest BCUT2D eigenvalue weighted by Gasteiger charge is 2.25. The van der Waals surface area contributed by atoms with E-state index in [1.54, 1.807) is 0 Å². The maximum atomic E-state index is 4.23. The molecule has 4 nitrogen and oxygen atoms in total. The van der Waals surface area contributed by atoms with Gasteiger partial charge >= 0.3 is 0 Å². The van der Waals surface area contributed by atoms with Gasteiger partial charge in [0.05, 0.1) is 0 Å². The summed E-state index contributed by atoms with van der Waals surface area (Å²) < 4.78 is 0. The van der Waals surface area contributed by atoms with Gasteiger partial charge in [0.25, 0.3) is 0 Å². The monoisotopic (exact) mass is 416 g/mol. The van der Waals surface area contributed by atoms with Gasteiger partial charge in [-0.05, 0) is 97.4 Å². The topological polar surface area (TPSA) is 51.6 Å². The second-order valence-electron chi connectivity index (χ2n) is 6.65. The molecule has 0 saturated heterocycles. The fraction of sp³-hybridized carbons (Fsp3) is 0.130. The molecule has 1 atom stereocenters. The average molecular weight is 416 g/mol. The van der Waals surface area contributed by atoms with Crippen molar-refractivity contribution in [1.29, 1.82) is 0 Å². The molecule has 144 valence electrons. The molecule has 0 saturated carbocycles. The maximum Gasteiger partial charge on any atom is 0.0274 e. The van der Waals surface area contributed by atoms with Crippen LogP contribution in [0, 0.1) is 0 Å². The van der Waals surface area contributed by atoms with Crippen LogP contribution in [0.15, 0.2) is 98.1 Å². The van der Waals surface area contributed by atoms with Gasteiger partial charge in [0.2, 0.25) is 0 Å². The Morgan fingerprint density at radius 1 is 0.552 bits per heavy atom. The van der Waals surface area contributed by atoms with Crippen LogP contribution in [0.3, 0.4) is 0 Å². The molecule has 0 amide bonds. The molecule has 0 spiro atoms. The van der Waals surface area contributed by atoms with Crippen LogP contribution in [0.2, 0.25) is 0 Å². The van der Waals surface area contributed by atoms with E-state index in [1.807, 2.05) is 49.6 Å². The maximum absolute atomic E-state index is 4.23. The molecule has 4 aromatic heterocycles. The van der Waals surface area contributed by atoms with Crippen LogP contribution >= 0.6 is 15.8 Å². The quantitative estimate of drug-likeness (QED) is 0.434. The first-order valence-electron chi connectivity index (χ1n) is 9.50. The van der Waals surface area contributed by atoms with Gasteiger partial charge in [0.1, 0.15) is 0 Å². The molecule has 0 aromatic carbocycles. The Labute approximate surface area is 174 Å². The minimum Gasteiger partial charge on any atom is -0.265 e. The fourth-order valence-corrected chi connectivity index (χ4v) is 9.02. The van der Waals surface area contributed by atoms with E-state index in [4.69, 9.17) is 0 Å². The van der Waals surface area contributed by atoms with Crippen molar-refractivity contribution in [3.05, 3.63) is 98.1 Å². The summed E-state index contributed by atoms with van der Waals surface area (Å²) >= 11 is 0. The first-order chi connectivity index (χ1) is 14.3. The van der Waals surface area contributed by atoms with Crippen LogP contribution in [0.5, 0.6) is 0 Å². The zero-order valence-electron chi connectivity index (χ0n) is 16.2. The Morgan fingerprint density at radius 2 is 0.862 bits per heavy atom. The molecule has 0 N–H and O–H groups in total. The summed E-state index contributed by atoms with van der Waals surface area (Å²) in [4.78, 5) is 16.9. The highest BCUT2D eigenvalue weighted by Crippen LogP contribution is 2.46. The number of aromatic nitrogens is 4. The van der Waals surface area contributed by atoms with Gasteiger partial charge in [-0.3, -0.25) is 19.9 Å². The van der Waals surface area contributed by atoms with Crippen LogP contribution in [-0.2, 0) is 0 Å². The molecule has 4 heterocycles. The van der Waals surface area contributed by atoms with E-state index in [9.17, 15) is 0 Å². The van der Waals surface area contributed by atoms with Crippen molar-refractivity contribution < 1.29 is 0 Å². The van der Waals surface area contributed by atoms with Crippen LogP contribution in [-0.4, -0.2) is 31.8 Å². The van der Waals surface area contributed by atoms with Crippen molar-refractivity contribution >= 4 is 37.1 Å². The zero-order chi connectivity index (χ0) is 19.9. The highest BCUT2D eigenvalue weighted by molar-refractivity contribution is 7.77. The van der Waals surface area contributed by atoms with E-state index < -0.39 is 15.8 Å². The Hall–Kier alpha value is -2.54. The number of hydrogen-bond acceptors (Lipinski definition) is 4. The van der Waals surface area contributed by atoms with Gasteiger partial charge < -0.3 is 0 Å². The summed E-state index contributed by atoms with van der Waals surface area (Å²) in [6, 6.07) is 17.2. The molecular weight excluding hydrogens is 394 g/mol. The first kappa shape index (κ1) is 19.8. The molecule has 6 heteroatoms. The van der Waals surface area contributed by atoms with Crippen molar-refractivity contribution in [3.63, 3.8) is 0 Å². The van der Waals surface area contributed by atoms with Gasteiger partial charge in [-0.1, -0.05) is 6.92 Å². The van der Waals surface area contributed by atoms with Gasteiger partial charge in [-0.25, -0.2) is 0 Å². The number of hydrogen-bond donors (Lipinski definition) is 0. The lowest BCUT2D eigenvalue weighted by atomic mass is 10.5. The van der Waals surface area contributed by atoms with Gasteiger partial charge in [-0.2, -0.15) is 0 Å². The molecule has 0 bridgehead atoms. The van der Waals surface area contributed by atoms with Crippen LogP contribution < -0.4 is 21.2 Å². The SMILES string of the molecule is CC(CP(c1ccncc1)c1ccncc1)P(c1ccncc1)c1ccncc1. The predicted octanol–water partition coefficient (Wildman–Crippen LogP) is 3.22. The molecule has 4 aromatic rings. The summed E-state index contributed by atoms with van der Waals surface area (Å²) in [5.74, 6) is 0. The van der Waals surface area contributed by atoms with Crippen LogP contribution in [0.25, 0.3) is 0 Å². The summed E-state index contributed by atoms with van der Waals surface area (Å²) in [5.41, 5.74) is 0.488. The van der Waals surface area contributed by atoms with Gasteiger partial charge in [-0.15, -0.1) is 0 Å².